The Balaban J connectivity index is 2.47. The van der Waals surface area contributed by atoms with Crippen molar-refractivity contribution in [3.8, 4) is 0 Å². The van der Waals surface area contributed by atoms with Crippen molar-refractivity contribution in [3.63, 3.8) is 0 Å². The third-order valence-electron chi connectivity index (χ3n) is 2.14. The normalized spacial score (nSPS) is 10.3. The fourth-order valence-corrected chi connectivity index (χ4v) is 1.44. The summed E-state index contributed by atoms with van der Waals surface area (Å²) in [7, 11) is 0. The molecule has 0 saturated carbocycles. The van der Waals surface area contributed by atoms with Crippen LogP contribution in [0.2, 0.25) is 5.15 Å². The number of nitro groups is 1. The highest BCUT2D eigenvalue weighted by Gasteiger charge is 2.20. The molecule has 0 aliphatic carbocycles. The average Bonchev–Trinajstić information content (AvgIpc) is 2.33. The third-order valence-corrected chi connectivity index (χ3v) is 2.42. The summed E-state index contributed by atoms with van der Waals surface area (Å²) < 4.78 is 5.32. The van der Waals surface area contributed by atoms with Crippen LogP contribution in [0.4, 0.5) is 11.5 Å². The molecule has 100 valence electrons. The van der Waals surface area contributed by atoms with Crippen LogP contribution in [0, 0.1) is 10.1 Å². The Morgan fingerprint density at radius 1 is 1.50 bits per heavy atom. The van der Waals surface area contributed by atoms with Gasteiger partial charge in [0, 0.05) is 13.2 Å². The molecule has 0 aromatic carbocycles. The van der Waals surface area contributed by atoms with Crippen molar-refractivity contribution in [2.24, 2.45) is 0 Å². The van der Waals surface area contributed by atoms with E-state index in [4.69, 9.17) is 16.3 Å². The van der Waals surface area contributed by atoms with Crippen molar-refractivity contribution >= 4 is 23.1 Å². The fourth-order valence-electron chi connectivity index (χ4n) is 1.24. The van der Waals surface area contributed by atoms with Crippen LogP contribution >= 0.6 is 11.6 Å². The maximum Gasteiger partial charge on any atom is 0.348 e. The van der Waals surface area contributed by atoms with Crippen molar-refractivity contribution in [1.82, 2.24) is 9.97 Å². The standard InChI is InChI=1S/C10H15ClN4O3/c1-2-3-5-18-6-4-12-10-8(15(16)17)9(11)13-7-14-10/h7H,2-6H2,1H3,(H,12,13,14). The van der Waals surface area contributed by atoms with Gasteiger partial charge in [0.15, 0.2) is 0 Å². The predicted octanol–water partition coefficient (Wildman–Crippen LogP) is 2.27. The number of anilines is 1. The number of hydrogen-bond acceptors (Lipinski definition) is 6. The van der Waals surface area contributed by atoms with Crippen molar-refractivity contribution in [3.05, 3.63) is 21.6 Å². The minimum atomic E-state index is -0.609. The van der Waals surface area contributed by atoms with Crippen LogP contribution < -0.4 is 5.32 Å². The summed E-state index contributed by atoms with van der Waals surface area (Å²) in [5.74, 6) is 0.110. The Hall–Kier alpha value is -1.47. The van der Waals surface area contributed by atoms with E-state index >= 15 is 0 Å². The highest BCUT2D eigenvalue weighted by Crippen LogP contribution is 2.27. The Kier molecular flexibility index (Phi) is 6.31. The van der Waals surface area contributed by atoms with Crippen LogP contribution in [0.15, 0.2) is 6.33 Å². The molecule has 0 fully saturated rings. The first-order chi connectivity index (χ1) is 8.66. The number of unbranched alkanes of at least 4 members (excludes halogenated alkanes) is 1. The van der Waals surface area contributed by atoms with Gasteiger partial charge < -0.3 is 10.1 Å². The second-order valence-corrected chi connectivity index (χ2v) is 3.87. The number of aromatic nitrogens is 2. The minimum absolute atomic E-state index is 0.110. The molecule has 18 heavy (non-hydrogen) atoms. The molecule has 1 heterocycles. The van der Waals surface area contributed by atoms with Gasteiger partial charge in [0.1, 0.15) is 6.33 Å². The second-order valence-electron chi connectivity index (χ2n) is 3.51. The topological polar surface area (TPSA) is 90.2 Å². The van der Waals surface area contributed by atoms with E-state index in [1.807, 2.05) is 0 Å². The SMILES string of the molecule is CCCCOCCNc1ncnc(Cl)c1[N+](=O)[O-]. The second kappa shape index (κ2) is 7.78. The zero-order valence-corrected chi connectivity index (χ0v) is 10.8. The number of hydrogen-bond donors (Lipinski definition) is 1. The maximum atomic E-state index is 10.8. The molecule has 0 aliphatic heterocycles. The van der Waals surface area contributed by atoms with Gasteiger partial charge in [-0.15, -0.1) is 0 Å². The van der Waals surface area contributed by atoms with E-state index in [-0.39, 0.29) is 16.7 Å². The lowest BCUT2D eigenvalue weighted by atomic mass is 10.4. The molecule has 0 bridgehead atoms. The highest BCUT2D eigenvalue weighted by molar-refractivity contribution is 6.31. The van der Waals surface area contributed by atoms with Crippen LogP contribution in [0.3, 0.4) is 0 Å². The zero-order valence-electron chi connectivity index (χ0n) is 10.1. The Morgan fingerprint density at radius 3 is 2.94 bits per heavy atom. The summed E-state index contributed by atoms with van der Waals surface area (Å²) in [4.78, 5) is 17.5. The Bertz CT molecular complexity index is 403. The first-order valence-corrected chi connectivity index (χ1v) is 6.01. The molecule has 1 aromatic heterocycles. The van der Waals surface area contributed by atoms with Gasteiger partial charge in [-0.1, -0.05) is 24.9 Å². The molecule has 8 heteroatoms. The molecule has 0 unspecified atom stereocenters. The lowest BCUT2D eigenvalue weighted by Crippen LogP contribution is -2.12. The number of nitrogens with one attached hydrogen (secondary N) is 1. The number of ether oxygens (including phenoxy) is 1. The average molecular weight is 275 g/mol. The summed E-state index contributed by atoms with van der Waals surface area (Å²) in [5.41, 5.74) is -0.312. The fraction of sp³-hybridized carbons (Fsp3) is 0.600. The van der Waals surface area contributed by atoms with E-state index in [2.05, 4.69) is 22.2 Å². The summed E-state index contributed by atoms with van der Waals surface area (Å²) in [6.07, 6.45) is 3.25. The van der Waals surface area contributed by atoms with E-state index in [1.54, 1.807) is 0 Å². The van der Waals surface area contributed by atoms with Gasteiger partial charge in [0.05, 0.1) is 11.5 Å². The summed E-state index contributed by atoms with van der Waals surface area (Å²) in [6, 6.07) is 0. The van der Waals surface area contributed by atoms with Crippen LogP contribution in [-0.2, 0) is 4.74 Å². The number of nitrogens with zero attached hydrogens (tertiary/aromatic N) is 3. The first kappa shape index (κ1) is 14.6. The largest absolute Gasteiger partial charge is 0.380 e. The van der Waals surface area contributed by atoms with Crippen molar-refractivity contribution in [2.45, 2.75) is 19.8 Å². The van der Waals surface area contributed by atoms with E-state index < -0.39 is 4.92 Å². The van der Waals surface area contributed by atoms with Crippen LogP contribution in [0.1, 0.15) is 19.8 Å². The van der Waals surface area contributed by atoms with E-state index in [0.29, 0.717) is 19.8 Å². The van der Waals surface area contributed by atoms with E-state index in [0.717, 1.165) is 12.8 Å². The summed E-state index contributed by atoms with van der Waals surface area (Å²) in [6.45, 7) is 3.65. The quantitative estimate of drug-likeness (QED) is 0.338. The predicted molar refractivity (Wildman–Crippen MR) is 67.9 cm³/mol. The van der Waals surface area contributed by atoms with Gasteiger partial charge >= 0.3 is 5.69 Å². The number of halogens is 1. The van der Waals surface area contributed by atoms with Gasteiger partial charge in [-0.05, 0) is 6.42 Å². The van der Waals surface area contributed by atoms with Gasteiger partial charge in [-0.3, -0.25) is 10.1 Å². The molecular formula is C10H15ClN4O3. The van der Waals surface area contributed by atoms with Crippen LogP contribution in [0.5, 0.6) is 0 Å². The van der Waals surface area contributed by atoms with Crippen LogP contribution in [0.25, 0.3) is 0 Å². The molecule has 0 aliphatic rings. The monoisotopic (exact) mass is 274 g/mol. The molecular weight excluding hydrogens is 260 g/mol. The van der Waals surface area contributed by atoms with Crippen LogP contribution in [-0.4, -0.2) is 34.6 Å². The highest BCUT2D eigenvalue weighted by atomic mass is 35.5. The third kappa shape index (κ3) is 4.42. The van der Waals surface area contributed by atoms with Gasteiger partial charge in [-0.2, -0.15) is 0 Å². The molecule has 0 atom stereocenters. The minimum Gasteiger partial charge on any atom is -0.380 e. The van der Waals surface area contributed by atoms with Crippen molar-refractivity contribution in [2.75, 3.05) is 25.1 Å². The summed E-state index contributed by atoms with van der Waals surface area (Å²) >= 11 is 5.64. The Labute approximate surface area is 110 Å². The lowest BCUT2D eigenvalue weighted by molar-refractivity contribution is -0.384. The Morgan fingerprint density at radius 2 is 2.28 bits per heavy atom. The maximum absolute atomic E-state index is 10.8. The van der Waals surface area contributed by atoms with Gasteiger partial charge in [-0.25, -0.2) is 9.97 Å². The molecule has 1 rings (SSSR count). The molecule has 0 spiro atoms. The molecule has 0 radical (unpaired) electrons. The van der Waals surface area contributed by atoms with E-state index in [1.165, 1.54) is 6.33 Å². The smallest absolute Gasteiger partial charge is 0.348 e. The van der Waals surface area contributed by atoms with E-state index in [9.17, 15) is 10.1 Å². The van der Waals surface area contributed by atoms with Crippen molar-refractivity contribution < 1.29 is 9.66 Å². The first-order valence-electron chi connectivity index (χ1n) is 5.63. The van der Waals surface area contributed by atoms with Crippen molar-refractivity contribution in [1.29, 1.82) is 0 Å². The number of rotatable bonds is 8. The molecule has 7 nitrogen and oxygen atoms in total. The molecule has 0 saturated heterocycles. The van der Waals surface area contributed by atoms with Gasteiger partial charge in [0.2, 0.25) is 11.0 Å². The summed E-state index contributed by atoms with van der Waals surface area (Å²) in [5, 5.41) is 13.4. The van der Waals surface area contributed by atoms with Gasteiger partial charge in [0.25, 0.3) is 0 Å². The lowest BCUT2D eigenvalue weighted by Gasteiger charge is -2.06. The molecule has 0 amide bonds. The molecule has 1 aromatic rings. The molecule has 1 N–H and O–H groups in total. The zero-order chi connectivity index (χ0) is 13.4.